The topological polar surface area (TPSA) is 131 Å². The van der Waals surface area contributed by atoms with Gasteiger partial charge in [0.05, 0.1) is 0 Å². The molecule has 2 rings (SSSR count). The smallest absolute Gasteiger partial charge is 0.352 e. The van der Waals surface area contributed by atoms with E-state index in [0.29, 0.717) is 11.1 Å². The number of amidine groups is 1. The Morgan fingerprint density at radius 1 is 0.963 bits per heavy atom. The number of ether oxygens (including phenoxy) is 1. The number of halogens is 1. The van der Waals surface area contributed by atoms with Crippen LogP contribution in [0.15, 0.2) is 54.6 Å². The highest BCUT2D eigenvalue weighted by Crippen LogP contribution is 2.14. The molecule has 2 aromatic carbocycles. The molecule has 0 bridgehead atoms. The minimum atomic E-state index is -1.66. The summed E-state index contributed by atoms with van der Waals surface area (Å²) in [5.41, 5.74) is 6.19. The van der Waals surface area contributed by atoms with Crippen LogP contribution in [0.2, 0.25) is 0 Å². The summed E-state index contributed by atoms with van der Waals surface area (Å²) >= 11 is 0. The molecule has 27 heavy (non-hydrogen) atoms. The van der Waals surface area contributed by atoms with Crippen LogP contribution in [0.4, 0.5) is 0 Å². The number of carboxylic acid groups (broad SMARTS) is 1. The van der Waals surface area contributed by atoms with E-state index >= 15 is 0 Å². The van der Waals surface area contributed by atoms with Crippen molar-refractivity contribution in [1.82, 2.24) is 0 Å². The zero-order chi connectivity index (χ0) is 19.1. The summed E-state index contributed by atoms with van der Waals surface area (Å²) in [5.74, 6) is -2.24. The van der Waals surface area contributed by atoms with Gasteiger partial charge in [0.15, 0.2) is 11.6 Å². The zero-order valence-corrected chi connectivity index (χ0v) is 15.1. The maximum Gasteiger partial charge on any atom is 0.352 e. The van der Waals surface area contributed by atoms with Crippen molar-refractivity contribution in [3.63, 3.8) is 0 Å². The van der Waals surface area contributed by atoms with Gasteiger partial charge < -0.3 is 15.6 Å². The number of nitrogens with two attached hydrogens (primary N) is 1. The molecule has 0 spiro atoms. The predicted molar refractivity (Wildman–Crippen MR) is 102 cm³/mol. The molecule has 0 saturated heterocycles. The van der Waals surface area contributed by atoms with Crippen molar-refractivity contribution in [1.29, 1.82) is 5.41 Å². The number of carbonyl (C=O) groups excluding carboxylic acids is 2. The molecule has 7 nitrogen and oxygen atoms in total. The van der Waals surface area contributed by atoms with E-state index < -0.39 is 17.9 Å². The van der Waals surface area contributed by atoms with Crippen LogP contribution in [0.3, 0.4) is 0 Å². The number of nitrogens with one attached hydrogen (secondary N) is 1. The molecule has 0 saturated carbocycles. The van der Waals surface area contributed by atoms with Gasteiger partial charge in [-0.1, -0.05) is 42.5 Å². The van der Waals surface area contributed by atoms with Crippen molar-refractivity contribution in [2.45, 2.75) is 18.9 Å². The quantitative estimate of drug-likeness (QED) is 0.261. The Bertz CT molecular complexity index is 822. The van der Waals surface area contributed by atoms with Gasteiger partial charge in [-0.3, -0.25) is 15.0 Å². The summed E-state index contributed by atoms with van der Waals surface area (Å²) in [4.78, 5) is 35.6. The lowest BCUT2D eigenvalue weighted by Crippen LogP contribution is -2.35. The Hall–Kier alpha value is -3.19. The van der Waals surface area contributed by atoms with Gasteiger partial charge in [0, 0.05) is 24.0 Å². The normalized spacial score (nSPS) is 11.0. The first-order valence-corrected chi connectivity index (χ1v) is 7.83. The number of hydrogen-bond acceptors (Lipinski definition) is 5. The number of nitrogen functional groups attached to an aromatic ring is 1. The van der Waals surface area contributed by atoms with Gasteiger partial charge in [-0.15, -0.1) is 12.4 Å². The van der Waals surface area contributed by atoms with Gasteiger partial charge in [-0.25, -0.2) is 4.79 Å². The molecule has 1 unspecified atom stereocenters. The van der Waals surface area contributed by atoms with Crippen molar-refractivity contribution in [3.8, 4) is 5.75 Å². The largest absolute Gasteiger partial charge is 0.478 e. The molecule has 4 N–H and O–H groups in total. The van der Waals surface area contributed by atoms with Gasteiger partial charge in [-0.2, -0.15) is 0 Å². The number of carboxylic acids is 1. The number of para-hydroxylation sites is 1. The molecule has 0 heterocycles. The molecule has 0 radical (unpaired) electrons. The number of hydrogen-bond donors (Lipinski definition) is 3. The van der Waals surface area contributed by atoms with Crippen molar-refractivity contribution < 1.29 is 24.2 Å². The lowest BCUT2D eigenvalue weighted by atomic mass is 10.0. The van der Waals surface area contributed by atoms with Gasteiger partial charge >= 0.3 is 5.97 Å². The number of rotatable bonds is 9. The van der Waals surface area contributed by atoms with E-state index in [2.05, 4.69) is 0 Å². The molecule has 0 aromatic heterocycles. The molecule has 0 amide bonds. The molecule has 0 aliphatic heterocycles. The highest BCUT2D eigenvalue weighted by atomic mass is 35.5. The van der Waals surface area contributed by atoms with E-state index in [1.165, 1.54) is 24.3 Å². The third kappa shape index (κ3) is 6.23. The predicted octanol–water partition coefficient (Wildman–Crippen LogP) is 2.46. The van der Waals surface area contributed by atoms with E-state index in [4.69, 9.17) is 15.9 Å². The van der Waals surface area contributed by atoms with Crippen molar-refractivity contribution in [2.75, 3.05) is 0 Å². The first-order valence-electron chi connectivity index (χ1n) is 7.83. The molecule has 1 atom stereocenters. The Morgan fingerprint density at radius 2 is 1.52 bits per heavy atom. The van der Waals surface area contributed by atoms with E-state index in [1.807, 2.05) is 0 Å². The molecule has 8 heteroatoms. The summed E-state index contributed by atoms with van der Waals surface area (Å²) in [5, 5.41) is 16.5. The average Bonchev–Trinajstić information content (AvgIpc) is 2.64. The molecule has 0 aliphatic carbocycles. The number of aliphatic carboxylic acids is 1. The number of Topliss-reactive ketones (excluding diaryl/α,β-unsaturated/α-hetero) is 2. The number of ketones is 2. The highest BCUT2D eigenvalue weighted by Gasteiger charge is 2.28. The SMILES string of the molecule is Cl.N=C(N)c1ccc(C(=O)CCC(=O)C(Oc2ccccc2)C(=O)O)cc1. The third-order valence-electron chi connectivity index (χ3n) is 3.63. The van der Waals surface area contributed by atoms with Crippen molar-refractivity contribution in [3.05, 3.63) is 65.7 Å². The van der Waals surface area contributed by atoms with E-state index in [0.717, 1.165) is 0 Å². The van der Waals surface area contributed by atoms with Gasteiger partial charge in [0.25, 0.3) is 6.10 Å². The third-order valence-corrected chi connectivity index (χ3v) is 3.63. The molecular weight excluding hydrogens is 372 g/mol. The maximum absolute atomic E-state index is 12.2. The summed E-state index contributed by atoms with van der Waals surface area (Å²) in [7, 11) is 0. The van der Waals surface area contributed by atoms with Gasteiger partial charge in [-0.05, 0) is 12.1 Å². The molecule has 0 fully saturated rings. The lowest BCUT2D eigenvalue weighted by molar-refractivity contribution is -0.150. The molecule has 142 valence electrons. The first kappa shape index (κ1) is 21.9. The monoisotopic (exact) mass is 390 g/mol. The fraction of sp³-hybridized carbons (Fsp3) is 0.158. The number of benzene rings is 2. The Morgan fingerprint density at radius 3 is 2.04 bits per heavy atom. The lowest BCUT2D eigenvalue weighted by Gasteiger charge is -2.13. The maximum atomic E-state index is 12.2. The highest BCUT2D eigenvalue weighted by molar-refractivity contribution is 6.05. The Balaban J connectivity index is 0.00000364. The standard InChI is InChI=1S/C19H18N2O5.ClH/c20-18(21)13-8-6-12(7-9-13)15(22)10-11-16(23)17(19(24)25)26-14-4-2-1-3-5-14;/h1-9,17H,10-11H2,(H3,20,21)(H,24,25);1H. The zero-order valence-electron chi connectivity index (χ0n) is 14.3. The second-order valence-corrected chi connectivity index (χ2v) is 5.53. The fourth-order valence-corrected chi connectivity index (χ4v) is 2.24. The van der Waals surface area contributed by atoms with Crippen LogP contribution in [0.1, 0.15) is 28.8 Å². The van der Waals surface area contributed by atoms with Crippen molar-refractivity contribution >= 4 is 35.8 Å². The summed E-state index contributed by atoms with van der Waals surface area (Å²) in [6, 6.07) is 14.2. The Kier molecular flexibility index (Phi) is 8.16. The van der Waals surface area contributed by atoms with Crippen LogP contribution < -0.4 is 10.5 Å². The van der Waals surface area contributed by atoms with E-state index in [9.17, 15) is 19.5 Å². The van der Waals surface area contributed by atoms with Gasteiger partial charge in [0.1, 0.15) is 11.6 Å². The molecule has 0 aliphatic rings. The molecular formula is C19H19ClN2O5. The summed E-state index contributed by atoms with van der Waals surface area (Å²) < 4.78 is 5.22. The van der Waals surface area contributed by atoms with E-state index in [1.54, 1.807) is 30.3 Å². The van der Waals surface area contributed by atoms with Crippen LogP contribution in [0, 0.1) is 5.41 Å². The fourth-order valence-electron chi connectivity index (χ4n) is 2.24. The van der Waals surface area contributed by atoms with Crippen molar-refractivity contribution in [2.24, 2.45) is 5.73 Å². The van der Waals surface area contributed by atoms with Gasteiger partial charge in [0.2, 0.25) is 0 Å². The minimum Gasteiger partial charge on any atom is -0.478 e. The minimum absolute atomic E-state index is 0. The van der Waals surface area contributed by atoms with Crippen LogP contribution in [-0.4, -0.2) is 34.6 Å². The second-order valence-electron chi connectivity index (χ2n) is 5.53. The van der Waals surface area contributed by atoms with Crippen LogP contribution in [0.25, 0.3) is 0 Å². The van der Waals surface area contributed by atoms with E-state index in [-0.39, 0.29) is 42.6 Å². The van der Waals surface area contributed by atoms with Crippen LogP contribution >= 0.6 is 12.4 Å². The second kappa shape index (κ2) is 10.1. The summed E-state index contributed by atoms with van der Waals surface area (Å²) in [6.07, 6.45) is -2.05. The summed E-state index contributed by atoms with van der Waals surface area (Å²) in [6.45, 7) is 0. The van der Waals surface area contributed by atoms with Crippen LogP contribution in [-0.2, 0) is 9.59 Å². The molecule has 2 aromatic rings. The first-order chi connectivity index (χ1) is 12.4. The average molecular weight is 391 g/mol. The Labute approximate surface area is 162 Å². The van der Waals surface area contributed by atoms with Crippen LogP contribution in [0.5, 0.6) is 5.75 Å². The number of carbonyl (C=O) groups is 3.